The number of hydrogen-bond donors (Lipinski definition) is 1. The minimum atomic E-state index is -1.05. The lowest BCUT2D eigenvalue weighted by Crippen LogP contribution is -2.27. The van der Waals surface area contributed by atoms with Gasteiger partial charge >= 0.3 is 5.97 Å². The van der Waals surface area contributed by atoms with E-state index in [1.807, 2.05) is 36.9 Å². The third-order valence-electron chi connectivity index (χ3n) is 3.88. The lowest BCUT2D eigenvalue weighted by Gasteiger charge is -2.20. The topological polar surface area (TPSA) is 71.2 Å². The molecule has 1 aromatic carbocycles. The van der Waals surface area contributed by atoms with Gasteiger partial charge in [0.05, 0.1) is 5.69 Å². The first-order valence-electron chi connectivity index (χ1n) is 8.01. The summed E-state index contributed by atoms with van der Waals surface area (Å²) in [5, 5.41) is 18.2. The summed E-state index contributed by atoms with van der Waals surface area (Å²) in [6, 6.07) is 5.85. The molecule has 0 amide bonds. The SMILES string of the molecule is CCCN(CCC)c1nn(-c2cccc(C)c2C)nc1C(=O)O. The minimum Gasteiger partial charge on any atom is -0.476 e. The summed E-state index contributed by atoms with van der Waals surface area (Å²) < 4.78 is 0. The Morgan fingerprint density at radius 2 is 1.83 bits per heavy atom. The molecule has 0 aliphatic heterocycles. The number of anilines is 1. The Morgan fingerprint density at radius 3 is 2.39 bits per heavy atom. The number of aromatic nitrogens is 3. The maximum atomic E-state index is 11.6. The van der Waals surface area contributed by atoms with Crippen LogP contribution in [0.15, 0.2) is 18.2 Å². The van der Waals surface area contributed by atoms with Crippen LogP contribution in [0.1, 0.15) is 48.3 Å². The van der Waals surface area contributed by atoms with E-state index in [1.54, 1.807) is 0 Å². The molecule has 2 aromatic rings. The van der Waals surface area contributed by atoms with Crippen LogP contribution < -0.4 is 4.90 Å². The largest absolute Gasteiger partial charge is 0.476 e. The third kappa shape index (κ3) is 3.52. The van der Waals surface area contributed by atoms with Gasteiger partial charge in [0.2, 0.25) is 5.69 Å². The summed E-state index contributed by atoms with van der Waals surface area (Å²) in [5.41, 5.74) is 2.99. The zero-order chi connectivity index (χ0) is 17.0. The number of hydrogen-bond acceptors (Lipinski definition) is 4. The van der Waals surface area contributed by atoms with Gasteiger partial charge in [0, 0.05) is 13.1 Å². The highest BCUT2D eigenvalue weighted by Gasteiger charge is 2.23. The van der Waals surface area contributed by atoms with Crippen LogP contribution in [0.25, 0.3) is 5.69 Å². The molecular formula is C17H24N4O2. The predicted molar refractivity (Wildman–Crippen MR) is 90.6 cm³/mol. The van der Waals surface area contributed by atoms with Gasteiger partial charge in [-0.25, -0.2) is 4.79 Å². The van der Waals surface area contributed by atoms with E-state index in [4.69, 9.17) is 0 Å². The van der Waals surface area contributed by atoms with Crippen molar-refractivity contribution in [2.24, 2.45) is 0 Å². The molecule has 6 nitrogen and oxygen atoms in total. The first-order chi connectivity index (χ1) is 11.0. The molecule has 0 aliphatic carbocycles. The van der Waals surface area contributed by atoms with Crippen LogP contribution in [-0.2, 0) is 0 Å². The second-order valence-corrected chi connectivity index (χ2v) is 5.67. The zero-order valence-corrected chi connectivity index (χ0v) is 14.2. The highest BCUT2D eigenvalue weighted by atomic mass is 16.4. The van der Waals surface area contributed by atoms with Crippen molar-refractivity contribution in [2.45, 2.75) is 40.5 Å². The van der Waals surface area contributed by atoms with Gasteiger partial charge in [-0.1, -0.05) is 26.0 Å². The Kier molecular flexibility index (Phi) is 5.36. The maximum Gasteiger partial charge on any atom is 0.360 e. The fourth-order valence-corrected chi connectivity index (χ4v) is 2.57. The molecule has 0 bridgehead atoms. The van der Waals surface area contributed by atoms with Crippen LogP contribution in [0.2, 0.25) is 0 Å². The number of carboxylic acid groups (broad SMARTS) is 1. The number of nitrogens with zero attached hydrogens (tertiary/aromatic N) is 4. The van der Waals surface area contributed by atoms with Crippen LogP contribution in [0.3, 0.4) is 0 Å². The van der Waals surface area contributed by atoms with Gasteiger partial charge in [0.1, 0.15) is 0 Å². The van der Waals surface area contributed by atoms with Crippen LogP contribution in [0.5, 0.6) is 0 Å². The summed E-state index contributed by atoms with van der Waals surface area (Å²) in [7, 11) is 0. The minimum absolute atomic E-state index is 0.00723. The molecule has 0 saturated heterocycles. The first-order valence-corrected chi connectivity index (χ1v) is 8.01. The number of benzene rings is 1. The predicted octanol–water partition coefficient (Wildman–Crippen LogP) is 3.21. The van der Waals surface area contributed by atoms with Crippen molar-refractivity contribution in [2.75, 3.05) is 18.0 Å². The fourth-order valence-electron chi connectivity index (χ4n) is 2.57. The molecule has 0 atom stereocenters. The maximum absolute atomic E-state index is 11.6. The average molecular weight is 316 g/mol. The fraction of sp³-hybridized carbons (Fsp3) is 0.471. The van der Waals surface area contributed by atoms with Crippen molar-refractivity contribution in [3.63, 3.8) is 0 Å². The van der Waals surface area contributed by atoms with Crippen LogP contribution in [0.4, 0.5) is 5.82 Å². The number of aryl methyl sites for hydroxylation is 1. The molecular weight excluding hydrogens is 292 g/mol. The third-order valence-corrected chi connectivity index (χ3v) is 3.88. The van der Waals surface area contributed by atoms with Crippen molar-refractivity contribution in [1.82, 2.24) is 15.0 Å². The standard InChI is InChI=1S/C17H24N4O2/c1-5-10-20(11-6-2)16-15(17(22)23)18-21(19-16)14-9-7-8-12(3)13(14)4/h7-9H,5-6,10-11H2,1-4H3,(H,22,23). The van der Waals surface area contributed by atoms with Gasteiger partial charge in [-0.2, -0.15) is 0 Å². The molecule has 1 aromatic heterocycles. The van der Waals surface area contributed by atoms with Gasteiger partial charge in [0.25, 0.3) is 0 Å². The van der Waals surface area contributed by atoms with Gasteiger partial charge < -0.3 is 10.0 Å². The Balaban J connectivity index is 2.54. The van der Waals surface area contributed by atoms with Crippen molar-refractivity contribution >= 4 is 11.8 Å². The Bertz CT molecular complexity index is 688. The molecule has 23 heavy (non-hydrogen) atoms. The number of aromatic carboxylic acids is 1. The molecule has 0 aliphatic rings. The summed E-state index contributed by atoms with van der Waals surface area (Å²) in [6.45, 7) is 9.67. The van der Waals surface area contributed by atoms with E-state index in [2.05, 4.69) is 24.0 Å². The summed E-state index contributed by atoms with van der Waals surface area (Å²) in [5.74, 6) is -0.601. The Labute approximate surface area is 136 Å². The van der Waals surface area contributed by atoms with Crippen molar-refractivity contribution in [3.8, 4) is 5.69 Å². The number of carbonyl (C=O) groups is 1. The van der Waals surface area contributed by atoms with E-state index >= 15 is 0 Å². The average Bonchev–Trinajstić information content (AvgIpc) is 2.95. The summed E-state index contributed by atoms with van der Waals surface area (Å²) >= 11 is 0. The number of carboxylic acids is 1. The van der Waals surface area contributed by atoms with Crippen molar-refractivity contribution in [3.05, 3.63) is 35.0 Å². The van der Waals surface area contributed by atoms with Crippen LogP contribution in [0, 0.1) is 13.8 Å². The van der Waals surface area contributed by atoms with Gasteiger partial charge in [-0.15, -0.1) is 15.0 Å². The Morgan fingerprint density at radius 1 is 1.17 bits per heavy atom. The van der Waals surface area contributed by atoms with E-state index in [1.165, 1.54) is 4.80 Å². The normalized spacial score (nSPS) is 10.8. The molecule has 6 heteroatoms. The first kappa shape index (κ1) is 17.0. The molecule has 1 N–H and O–H groups in total. The molecule has 0 radical (unpaired) electrons. The molecule has 0 spiro atoms. The second-order valence-electron chi connectivity index (χ2n) is 5.67. The lowest BCUT2D eigenvalue weighted by atomic mass is 10.1. The van der Waals surface area contributed by atoms with E-state index in [9.17, 15) is 9.90 Å². The summed E-state index contributed by atoms with van der Waals surface area (Å²) in [4.78, 5) is 15.0. The smallest absolute Gasteiger partial charge is 0.360 e. The van der Waals surface area contributed by atoms with Gasteiger partial charge in [-0.3, -0.25) is 0 Å². The molecule has 0 fully saturated rings. The van der Waals surface area contributed by atoms with Crippen LogP contribution in [-0.4, -0.2) is 39.2 Å². The van der Waals surface area contributed by atoms with Crippen molar-refractivity contribution < 1.29 is 9.90 Å². The lowest BCUT2D eigenvalue weighted by molar-refractivity contribution is 0.0690. The summed E-state index contributed by atoms with van der Waals surface area (Å²) in [6.07, 6.45) is 1.85. The molecule has 0 saturated carbocycles. The van der Waals surface area contributed by atoms with E-state index in [-0.39, 0.29) is 5.69 Å². The van der Waals surface area contributed by atoms with E-state index in [0.717, 1.165) is 42.7 Å². The second kappa shape index (κ2) is 7.26. The number of rotatable bonds is 7. The molecule has 2 rings (SSSR count). The quantitative estimate of drug-likeness (QED) is 0.849. The van der Waals surface area contributed by atoms with Gasteiger partial charge in [-0.05, 0) is 43.9 Å². The monoisotopic (exact) mass is 316 g/mol. The van der Waals surface area contributed by atoms with Crippen LogP contribution >= 0.6 is 0 Å². The van der Waals surface area contributed by atoms with Gasteiger partial charge in [0.15, 0.2) is 5.82 Å². The molecule has 1 heterocycles. The van der Waals surface area contributed by atoms with E-state index < -0.39 is 5.97 Å². The molecule has 124 valence electrons. The Hall–Kier alpha value is -2.37. The highest BCUT2D eigenvalue weighted by molar-refractivity contribution is 5.91. The molecule has 0 unspecified atom stereocenters. The van der Waals surface area contributed by atoms with Crippen molar-refractivity contribution in [1.29, 1.82) is 0 Å². The highest BCUT2D eigenvalue weighted by Crippen LogP contribution is 2.21. The zero-order valence-electron chi connectivity index (χ0n) is 14.2. The van der Waals surface area contributed by atoms with E-state index in [0.29, 0.717) is 5.82 Å².